The Hall–Kier alpha value is -1.84. The van der Waals surface area contributed by atoms with Crippen molar-refractivity contribution in [3.63, 3.8) is 0 Å². The van der Waals surface area contributed by atoms with Gasteiger partial charge in [-0.05, 0) is 48.7 Å². The van der Waals surface area contributed by atoms with E-state index >= 15 is 0 Å². The molecule has 4 nitrogen and oxygen atoms in total. The van der Waals surface area contributed by atoms with Crippen LogP contribution in [-0.2, 0) is 0 Å². The fraction of sp³-hybridized carbons (Fsp3) is 0.500. The fourth-order valence-electron chi connectivity index (χ4n) is 3.39. The van der Waals surface area contributed by atoms with E-state index in [2.05, 4.69) is 30.5 Å². The molecule has 1 aromatic rings. The van der Waals surface area contributed by atoms with Crippen LogP contribution in [0.1, 0.15) is 42.8 Å². The number of carbonyl (C=O) groups is 1. The second-order valence-corrected chi connectivity index (χ2v) is 6.34. The van der Waals surface area contributed by atoms with E-state index in [1.807, 2.05) is 0 Å². The number of hydrazone groups is 1. The normalized spacial score (nSPS) is 27.1. The molecule has 0 radical (unpaired) electrons. The van der Waals surface area contributed by atoms with Gasteiger partial charge in [0.1, 0.15) is 5.76 Å². The van der Waals surface area contributed by atoms with E-state index in [0.29, 0.717) is 22.7 Å². The average Bonchev–Trinajstić information content (AvgIpc) is 2.85. The number of nitrogens with one attached hydrogen (secondary N) is 1. The summed E-state index contributed by atoms with van der Waals surface area (Å²) < 4.78 is 5.11. The molecule has 3 aliphatic carbocycles. The highest BCUT2D eigenvalue weighted by atomic mass is 16.3. The van der Waals surface area contributed by atoms with Crippen LogP contribution in [0.15, 0.2) is 33.5 Å². The lowest BCUT2D eigenvalue weighted by atomic mass is 9.49. The van der Waals surface area contributed by atoms with Crippen LogP contribution < -0.4 is 5.43 Å². The van der Waals surface area contributed by atoms with Gasteiger partial charge in [-0.2, -0.15) is 5.10 Å². The van der Waals surface area contributed by atoms with Crippen molar-refractivity contribution in [3.8, 4) is 0 Å². The predicted molar refractivity (Wildman–Crippen MR) is 77.5 cm³/mol. The maximum Gasteiger partial charge on any atom is 0.274 e. The number of amides is 1. The van der Waals surface area contributed by atoms with Crippen LogP contribution in [-0.4, -0.2) is 12.1 Å². The minimum atomic E-state index is -0.227. The highest BCUT2D eigenvalue weighted by molar-refractivity contribution is 5.95. The predicted octanol–water partition coefficient (Wildman–Crippen LogP) is 3.30. The van der Waals surface area contributed by atoms with E-state index in [0.717, 1.165) is 12.3 Å². The topological polar surface area (TPSA) is 54.6 Å². The molecule has 2 unspecified atom stereocenters. The van der Waals surface area contributed by atoms with E-state index < -0.39 is 0 Å². The molecule has 4 heteroatoms. The van der Waals surface area contributed by atoms with Gasteiger partial charge in [-0.25, -0.2) is 5.43 Å². The van der Waals surface area contributed by atoms with E-state index in [1.54, 1.807) is 19.2 Å². The molecule has 1 saturated carbocycles. The quantitative estimate of drug-likeness (QED) is 0.678. The molecular formula is C16H20N2O2. The van der Waals surface area contributed by atoms with Crippen LogP contribution in [0.4, 0.5) is 0 Å². The summed E-state index contributed by atoms with van der Waals surface area (Å²) in [5.74, 6) is 1.78. The minimum absolute atomic E-state index is 0.227. The maximum absolute atomic E-state index is 11.9. The number of rotatable bonds is 3. The zero-order valence-electron chi connectivity index (χ0n) is 12.1. The third-order valence-corrected chi connectivity index (χ3v) is 4.99. The number of allylic oxidation sites excluding steroid dienone is 2. The van der Waals surface area contributed by atoms with Crippen molar-refractivity contribution in [3.05, 3.63) is 35.3 Å². The third-order valence-electron chi connectivity index (χ3n) is 4.99. The Bertz CT molecular complexity index is 595. The number of aryl methyl sites for hydroxylation is 1. The summed E-state index contributed by atoms with van der Waals surface area (Å²) >= 11 is 0. The highest BCUT2D eigenvalue weighted by Gasteiger charge is 2.50. The maximum atomic E-state index is 11.9. The van der Waals surface area contributed by atoms with Crippen molar-refractivity contribution in [1.82, 2.24) is 5.43 Å². The monoisotopic (exact) mass is 272 g/mol. The van der Waals surface area contributed by atoms with Gasteiger partial charge in [0, 0.05) is 0 Å². The standard InChI is InChI=1S/C16H20N2O2/c1-10-13(6-7-20-10)15(19)18-17-9-11-4-5-12-8-14(11)16(12,2)3/h4,6-7,9,12,14H,5,8H2,1-3H3,(H,18,19)/b17-9+. The van der Waals surface area contributed by atoms with Gasteiger partial charge in [0.25, 0.3) is 5.91 Å². The van der Waals surface area contributed by atoms with Gasteiger partial charge in [-0.15, -0.1) is 0 Å². The van der Waals surface area contributed by atoms with Crippen molar-refractivity contribution >= 4 is 12.1 Å². The molecular weight excluding hydrogens is 252 g/mol. The Labute approximate surface area is 118 Å². The molecule has 20 heavy (non-hydrogen) atoms. The fourth-order valence-corrected chi connectivity index (χ4v) is 3.39. The summed E-state index contributed by atoms with van der Waals surface area (Å²) in [7, 11) is 0. The Morgan fingerprint density at radius 2 is 2.35 bits per heavy atom. The summed E-state index contributed by atoms with van der Waals surface area (Å²) in [4.78, 5) is 11.9. The number of carbonyl (C=O) groups excluding carboxylic acids is 1. The van der Waals surface area contributed by atoms with Gasteiger partial charge in [0.15, 0.2) is 0 Å². The molecule has 4 rings (SSSR count). The van der Waals surface area contributed by atoms with Crippen molar-refractivity contribution in [2.45, 2.75) is 33.6 Å². The SMILES string of the molecule is Cc1occc1C(=O)N/N=C/C1=CCC2CC1C2(C)C. The highest BCUT2D eigenvalue weighted by Crippen LogP contribution is 2.58. The Morgan fingerprint density at radius 3 is 2.95 bits per heavy atom. The van der Waals surface area contributed by atoms with Crippen LogP contribution in [0.25, 0.3) is 0 Å². The van der Waals surface area contributed by atoms with Crippen LogP contribution in [0, 0.1) is 24.2 Å². The van der Waals surface area contributed by atoms with Crippen LogP contribution in [0.2, 0.25) is 0 Å². The van der Waals surface area contributed by atoms with E-state index in [4.69, 9.17) is 4.42 Å². The first-order chi connectivity index (χ1) is 9.50. The first-order valence-corrected chi connectivity index (χ1v) is 7.07. The lowest BCUT2D eigenvalue weighted by Crippen LogP contribution is -2.48. The lowest BCUT2D eigenvalue weighted by molar-refractivity contribution is -0.00126. The number of hydrogen-bond donors (Lipinski definition) is 1. The van der Waals surface area contributed by atoms with Gasteiger partial charge >= 0.3 is 0 Å². The molecule has 0 spiro atoms. The van der Waals surface area contributed by atoms with Gasteiger partial charge in [-0.3, -0.25) is 4.79 Å². The second kappa shape index (κ2) is 4.62. The molecule has 0 aliphatic heterocycles. The molecule has 1 N–H and O–H groups in total. The van der Waals surface area contributed by atoms with Crippen molar-refractivity contribution < 1.29 is 9.21 Å². The first kappa shape index (κ1) is 13.2. The zero-order chi connectivity index (χ0) is 14.3. The van der Waals surface area contributed by atoms with Gasteiger partial charge in [0.2, 0.25) is 0 Å². The van der Waals surface area contributed by atoms with Crippen LogP contribution >= 0.6 is 0 Å². The molecule has 0 aromatic carbocycles. The van der Waals surface area contributed by atoms with Gasteiger partial charge in [-0.1, -0.05) is 19.9 Å². The van der Waals surface area contributed by atoms with Gasteiger partial charge < -0.3 is 4.42 Å². The molecule has 1 amide bonds. The summed E-state index contributed by atoms with van der Waals surface area (Å²) in [5, 5.41) is 4.10. The van der Waals surface area contributed by atoms with E-state index in [9.17, 15) is 4.79 Å². The lowest BCUT2D eigenvalue weighted by Gasteiger charge is -2.55. The zero-order valence-corrected chi connectivity index (χ0v) is 12.1. The van der Waals surface area contributed by atoms with Crippen molar-refractivity contribution in [2.24, 2.45) is 22.4 Å². The molecule has 2 atom stereocenters. The first-order valence-electron chi connectivity index (χ1n) is 7.07. The third kappa shape index (κ3) is 1.99. The molecule has 0 saturated heterocycles. The Kier molecular flexibility index (Phi) is 3.04. The summed E-state index contributed by atoms with van der Waals surface area (Å²) in [5.41, 5.74) is 4.73. The minimum Gasteiger partial charge on any atom is -0.469 e. The van der Waals surface area contributed by atoms with Crippen LogP contribution in [0.3, 0.4) is 0 Å². The molecule has 106 valence electrons. The smallest absolute Gasteiger partial charge is 0.274 e. The van der Waals surface area contributed by atoms with Gasteiger partial charge in [0.05, 0.1) is 18.0 Å². The molecule has 3 aliphatic rings. The molecule has 1 aromatic heterocycles. The summed E-state index contributed by atoms with van der Waals surface area (Å²) in [6.07, 6.45) is 7.94. The number of nitrogens with zero attached hydrogens (tertiary/aromatic N) is 1. The average molecular weight is 272 g/mol. The van der Waals surface area contributed by atoms with Crippen molar-refractivity contribution in [1.29, 1.82) is 0 Å². The number of furan rings is 1. The largest absolute Gasteiger partial charge is 0.469 e. The van der Waals surface area contributed by atoms with E-state index in [-0.39, 0.29) is 5.91 Å². The second-order valence-electron chi connectivity index (χ2n) is 6.34. The summed E-state index contributed by atoms with van der Waals surface area (Å²) in [6, 6.07) is 1.65. The number of fused-ring (bicyclic) bond motifs is 1. The molecule has 1 fully saturated rings. The van der Waals surface area contributed by atoms with E-state index in [1.165, 1.54) is 18.3 Å². The molecule has 1 heterocycles. The Morgan fingerprint density at radius 1 is 1.55 bits per heavy atom. The van der Waals surface area contributed by atoms with Crippen LogP contribution in [0.5, 0.6) is 0 Å². The van der Waals surface area contributed by atoms with Crippen molar-refractivity contribution in [2.75, 3.05) is 0 Å². The Balaban J connectivity index is 1.63. The molecule has 2 bridgehead atoms. The summed E-state index contributed by atoms with van der Waals surface area (Å²) in [6.45, 7) is 6.40. The number of hydrogen-bond acceptors (Lipinski definition) is 3.